The van der Waals surface area contributed by atoms with E-state index in [1.54, 1.807) is 11.3 Å². The van der Waals surface area contributed by atoms with Crippen LogP contribution in [0.5, 0.6) is 0 Å². The molecule has 110 valence electrons. The first-order valence-electron chi connectivity index (χ1n) is 6.34. The minimum absolute atomic E-state index is 0.0513. The highest BCUT2D eigenvalue weighted by molar-refractivity contribution is 7.17. The van der Waals surface area contributed by atoms with Gasteiger partial charge >= 0.3 is 6.18 Å². The van der Waals surface area contributed by atoms with Gasteiger partial charge in [0.2, 0.25) is 0 Å². The van der Waals surface area contributed by atoms with E-state index >= 15 is 0 Å². The molecule has 0 aliphatic heterocycles. The Morgan fingerprint density at radius 2 is 2.05 bits per heavy atom. The number of rotatable bonds is 5. The van der Waals surface area contributed by atoms with E-state index in [4.69, 9.17) is 17.3 Å². The molecule has 0 amide bonds. The minimum Gasteiger partial charge on any atom is -0.330 e. The van der Waals surface area contributed by atoms with Crippen LogP contribution in [0.15, 0.2) is 23.6 Å². The standard InChI is InChI=1S/C14H15ClF3NS/c15-10-3-4-13-11(6-10)12(8-20-13)9(7-19)2-1-5-14(16,17)18/h3-4,6,8-9H,1-2,5,7,19H2. The van der Waals surface area contributed by atoms with Crippen molar-refractivity contribution in [1.82, 2.24) is 0 Å². The van der Waals surface area contributed by atoms with Crippen molar-refractivity contribution in [2.45, 2.75) is 31.4 Å². The highest BCUT2D eigenvalue weighted by Gasteiger charge is 2.27. The van der Waals surface area contributed by atoms with Crippen LogP contribution in [0.2, 0.25) is 5.02 Å². The Labute approximate surface area is 124 Å². The van der Waals surface area contributed by atoms with Gasteiger partial charge in [-0.25, -0.2) is 0 Å². The average molecular weight is 322 g/mol. The van der Waals surface area contributed by atoms with E-state index in [1.807, 2.05) is 23.6 Å². The Morgan fingerprint density at radius 1 is 1.30 bits per heavy atom. The lowest BCUT2D eigenvalue weighted by Gasteiger charge is -2.15. The monoisotopic (exact) mass is 321 g/mol. The number of benzene rings is 1. The molecule has 2 aromatic rings. The molecule has 6 heteroatoms. The van der Waals surface area contributed by atoms with E-state index in [2.05, 4.69) is 0 Å². The first-order valence-corrected chi connectivity index (χ1v) is 7.60. The number of halogens is 4. The van der Waals surface area contributed by atoms with Crippen LogP contribution in [0.3, 0.4) is 0 Å². The van der Waals surface area contributed by atoms with Crippen molar-refractivity contribution in [2.75, 3.05) is 6.54 Å². The number of nitrogens with two attached hydrogens (primary N) is 1. The van der Waals surface area contributed by atoms with Crippen LogP contribution < -0.4 is 5.73 Å². The Hall–Kier alpha value is -0.780. The van der Waals surface area contributed by atoms with Crippen molar-refractivity contribution in [1.29, 1.82) is 0 Å². The van der Waals surface area contributed by atoms with Gasteiger partial charge < -0.3 is 5.73 Å². The number of hydrogen-bond donors (Lipinski definition) is 1. The van der Waals surface area contributed by atoms with E-state index < -0.39 is 12.6 Å². The Kier molecular flexibility index (Phi) is 4.94. The quantitative estimate of drug-likeness (QED) is 0.791. The molecule has 1 nitrogen and oxygen atoms in total. The fourth-order valence-corrected chi connectivity index (χ4v) is 3.48. The predicted octanol–water partition coefficient (Wildman–Crippen LogP) is 5.33. The van der Waals surface area contributed by atoms with Crippen LogP contribution in [0, 0.1) is 0 Å². The number of fused-ring (bicyclic) bond motifs is 1. The largest absolute Gasteiger partial charge is 0.389 e. The zero-order valence-electron chi connectivity index (χ0n) is 10.7. The smallest absolute Gasteiger partial charge is 0.330 e. The summed E-state index contributed by atoms with van der Waals surface area (Å²) in [6, 6.07) is 5.59. The molecule has 1 aromatic heterocycles. The zero-order valence-corrected chi connectivity index (χ0v) is 12.3. The van der Waals surface area contributed by atoms with Gasteiger partial charge in [-0.15, -0.1) is 11.3 Å². The molecule has 0 aliphatic rings. The van der Waals surface area contributed by atoms with Crippen molar-refractivity contribution in [3.63, 3.8) is 0 Å². The van der Waals surface area contributed by atoms with Crippen molar-refractivity contribution in [3.8, 4) is 0 Å². The van der Waals surface area contributed by atoms with Gasteiger partial charge in [-0.05, 0) is 59.8 Å². The molecule has 1 heterocycles. The molecule has 0 saturated heterocycles. The minimum atomic E-state index is -4.10. The van der Waals surface area contributed by atoms with Crippen molar-refractivity contribution < 1.29 is 13.2 Å². The number of alkyl halides is 3. The third-order valence-corrected chi connectivity index (χ3v) is 4.52. The van der Waals surface area contributed by atoms with Crippen molar-refractivity contribution in [2.24, 2.45) is 5.73 Å². The highest BCUT2D eigenvalue weighted by Crippen LogP contribution is 2.35. The maximum absolute atomic E-state index is 12.2. The van der Waals surface area contributed by atoms with Gasteiger partial charge in [0.05, 0.1) is 0 Å². The third-order valence-electron chi connectivity index (χ3n) is 3.30. The molecule has 20 heavy (non-hydrogen) atoms. The fraction of sp³-hybridized carbons (Fsp3) is 0.429. The molecule has 2 N–H and O–H groups in total. The van der Waals surface area contributed by atoms with E-state index in [-0.39, 0.29) is 12.3 Å². The lowest BCUT2D eigenvalue weighted by atomic mass is 9.93. The molecule has 1 atom stereocenters. The van der Waals surface area contributed by atoms with Crippen molar-refractivity contribution >= 4 is 33.0 Å². The average Bonchev–Trinajstić information content (AvgIpc) is 2.76. The van der Waals surface area contributed by atoms with Crippen LogP contribution in [0.4, 0.5) is 13.2 Å². The van der Waals surface area contributed by atoms with Crippen molar-refractivity contribution in [3.05, 3.63) is 34.2 Å². The van der Waals surface area contributed by atoms with E-state index in [0.717, 1.165) is 15.6 Å². The maximum Gasteiger partial charge on any atom is 0.389 e. The Bertz CT molecular complexity index is 579. The van der Waals surface area contributed by atoms with Crippen LogP contribution >= 0.6 is 22.9 Å². The first kappa shape index (κ1) is 15.6. The second kappa shape index (κ2) is 6.33. The second-order valence-corrected chi connectivity index (χ2v) is 6.12. The summed E-state index contributed by atoms with van der Waals surface area (Å²) in [6.07, 6.45) is -4.32. The maximum atomic E-state index is 12.2. The third kappa shape index (κ3) is 3.87. The fourth-order valence-electron chi connectivity index (χ4n) is 2.29. The summed E-state index contributed by atoms with van der Waals surface area (Å²) in [6.45, 7) is 0.343. The summed E-state index contributed by atoms with van der Waals surface area (Å²) < 4.78 is 37.7. The van der Waals surface area contributed by atoms with Crippen LogP contribution in [-0.2, 0) is 0 Å². The molecule has 2 rings (SSSR count). The number of thiophene rings is 1. The normalized spacial score (nSPS) is 13.8. The topological polar surface area (TPSA) is 26.0 Å². The molecule has 1 aromatic carbocycles. The van der Waals surface area contributed by atoms with Gasteiger partial charge in [-0.1, -0.05) is 11.6 Å². The van der Waals surface area contributed by atoms with E-state index in [0.29, 0.717) is 18.0 Å². The number of hydrogen-bond acceptors (Lipinski definition) is 2. The lowest BCUT2D eigenvalue weighted by Crippen LogP contribution is -2.14. The van der Waals surface area contributed by atoms with E-state index in [1.165, 1.54) is 0 Å². The summed E-state index contributed by atoms with van der Waals surface area (Å²) in [5, 5.41) is 3.61. The van der Waals surface area contributed by atoms with Gasteiger partial charge in [0, 0.05) is 16.1 Å². The molecule has 0 radical (unpaired) electrons. The highest BCUT2D eigenvalue weighted by atomic mass is 35.5. The summed E-state index contributed by atoms with van der Waals surface area (Å²) in [7, 11) is 0. The Balaban J connectivity index is 2.15. The zero-order chi connectivity index (χ0) is 14.8. The van der Waals surface area contributed by atoms with Crippen LogP contribution in [-0.4, -0.2) is 12.7 Å². The molecule has 0 saturated carbocycles. The summed E-state index contributed by atoms with van der Waals surface area (Å²) in [5.74, 6) is -0.0513. The molecular formula is C14H15ClF3NS. The molecular weight excluding hydrogens is 307 g/mol. The van der Waals surface area contributed by atoms with Gasteiger partial charge in [0.1, 0.15) is 0 Å². The van der Waals surface area contributed by atoms with Crippen LogP contribution in [0.1, 0.15) is 30.7 Å². The van der Waals surface area contributed by atoms with Crippen LogP contribution in [0.25, 0.3) is 10.1 Å². The summed E-state index contributed by atoms with van der Waals surface area (Å²) in [4.78, 5) is 0. The molecule has 0 spiro atoms. The van der Waals surface area contributed by atoms with E-state index in [9.17, 15) is 13.2 Å². The second-order valence-electron chi connectivity index (χ2n) is 4.77. The summed E-state index contributed by atoms with van der Waals surface area (Å²) >= 11 is 7.55. The Morgan fingerprint density at radius 3 is 2.70 bits per heavy atom. The molecule has 1 unspecified atom stereocenters. The lowest BCUT2D eigenvalue weighted by molar-refractivity contribution is -0.135. The molecule has 0 aliphatic carbocycles. The van der Waals surface area contributed by atoms with Gasteiger partial charge in [-0.3, -0.25) is 0 Å². The SMILES string of the molecule is NCC(CCCC(F)(F)F)c1csc2ccc(Cl)cc12. The molecule has 0 fully saturated rings. The predicted molar refractivity (Wildman–Crippen MR) is 78.5 cm³/mol. The van der Waals surface area contributed by atoms with Gasteiger partial charge in [0.25, 0.3) is 0 Å². The summed E-state index contributed by atoms with van der Waals surface area (Å²) in [5.41, 5.74) is 6.74. The molecule has 0 bridgehead atoms. The first-order chi connectivity index (χ1) is 9.40. The van der Waals surface area contributed by atoms with Gasteiger partial charge in [-0.2, -0.15) is 13.2 Å². The van der Waals surface area contributed by atoms with Gasteiger partial charge in [0.15, 0.2) is 0 Å².